The molecule has 0 saturated carbocycles. The van der Waals surface area contributed by atoms with Crippen LogP contribution in [0.25, 0.3) is 0 Å². The number of nitrogens with two attached hydrogens (primary N) is 1. The van der Waals surface area contributed by atoms with Gasteiger partial charge in [-0.1, -0.05) is 6.07 Å². The molecule has 0 amide bonds. The molecule has 0 radical (unpaired) electrons. The zero-order valence-electron chi connectivity index (χ0n) is 13.5. The van der Waals surface area contributed by atoms with E-state index in [0.717, 1.165) is 19.5 Å². The van der Waals surface area contributed by atoms with E-state index in [9.17, 15) is 0 Å². The standard InChI is InChI=1S/C17H28N2O/c1-13-10-15(7-6-14(13)8-9-18)19-11-16(2,3)20-17(4,5)12-19/h6-7,10H,8-9,11-12,18H2,1-5H3. The number of morpholine rings is 1. The summed E-state index contributed by atoms with van der Waals surface area (Å²) in [7, 11) is 0. The third kappa shape index (κ3) is 3.53. The first-order valence-electron chi connectivity index (χ1n) is 7.47. The summed E-state index contributed by atoms with van der Waals surface area (Å²) < 4.78 is 6.15. The molecule has 0 aliphatic carbocycles. The van der Waals surface area contributed by atoms with E-state index in [4.69, 9.17) is 10.5 Å². The molecule has 2 rings (SSSR count). The highest BCUT2D eigenvalue weighted by Crippen LogP contribution is 2.32. The summed E-state index contributed by atoms with van der Waals surface area (Å²) in [5.41, 5.74) is 9.38. The molecule has 1 aromatic rings. The Kier molecular flexibility index (Phi) is 4.12. The molecule has 3 nitrogen and oxygen atoms in total. The first kappa shape index (κ1) is 15.3. The molecule has 0 atom stereocenters. The molecule has 2 N–H and O–H groups in total. The number of hydrogen-bond donors (Lipinski definition) is 1. The molecule has 0 bridgehead atoms. The zero-order valence-corrected chi connectivity index (χ0v) is 13.5. The van der Waals surface area contributed by atoms with Gasteiger partial charge in [-0.2, -0.15) is 0 Å². The maximum Gasteiger partial charge on any atom is 0.0808 e. The molecule has 1 heterocycles. The number of ether oxygens (including phenoxy) is 1. The van der Waals surface area contributed by atoms with Gasteiger partial charge in [0.2, 0.25) is 0 Å². The second kappa shape index (κ2) is 5.38. The Bertz CT molecular complexity index is 464. The SMILES string of the molecule is Cc1cc(N2CC(C)(C)OC(C)(C)C2)ccc1CCN. The smallest absolute Gasteiger partial charge is 0.0808 e. The number of benzene rings is 1. The lowest BCUT2D eigenvalue weighted by molar-refractivity contribution is -0.133. The molecule has 3 heteroatoms. The minimum atomic E-state index is -0.119. The second-order valence-electron chi connectivity index (χ2n) is 7.13. The molecule has 0 unspecified atom stereocenters. The monoisotopic (exact) mass is 276 g/mol. The minimum absolute atomic E-state index is 0.119. The van der Waals surface area contributed by atoms with Crippen molar-refractivity contribution >= 4 is 5.69 Å². The van der Waals surface area contributed by atoms with E-state index in [2.05, 4.69) is 57.7 Å². The molecular formula is C17H28N2O. The van der Waals surface area contributed by atoms with E-state index in [1.807, 2.05) is 0 Å². The fourth-order valence-corrected chi connectivity index (χ4v) is 3.28. The number of rotatable bonds is 3. The van der Waals surface area contributed by atoms with Crippen molar-refractivity contribution < 1.29 is 4.74 Å². The lowest BCUT2D eigenvalue weighted by atomic mass is 9.97. The molecule has 0 spiro atoms. The average molecular weight is 276 g/mol. The van der Waals surface area contributed by atoms with Gasteiger partial charge >= 0.3 is 0 Å². The van der Waals surface area contributed by atoms with Gasteiger partial charge in [0.05, 0.1) is 11.2 Å². The van der Waals surface area contributed by atoms with Crippen LogP contribution in [-0.4, -0.2) is 30.8 Å². The van der Waals surface area contributed by atoms with Crippen LogP contribution in [0, 0.1) is 6.92 Å². The van der Waals surface area contributed by atoms with Gasteiger partial charge in [-0.15, -0.1) is 0 Å². The van der Waals surface area contributed by atoms with E-state index < -0.39 is 0 Å². The normalized spacial score (nSPS) is 21.0. The molecule has 1 aromatic carbocycles. The van der Waals surface area contributed by atoms with Crippen molar-refractivity contribution in [2.45, 2.75) is 52.2 Å². The van der Waals surface area contributed by atoms with Gasteiger partial charge < -0.3 is 15.4 Å². The van der Waals surface area contributed by atoms with Crippen molar-refractivity contribution in [1.29, 1.82) is 0 Å². The predicted octanol–water partition coefficient (Wildman–Crippen LogP) is 2.89. The van der Waals surface area contributed by atoms with Gasteiger partial charge in [0.1, 0.15) is 0 Å². The zero-order chi connectivity index (χ0) is 15.0. The summed E-state index contributed by atoms with van der Waals surface area (Å²) >= 11 is 0. The van der Waals surface area contributed by atoms with Crippen molar-refractivity contribution in [3.8, 4) is 0 Å². The van der Waals surface area contributed by atoms with E-state index >= 15 is 0 Å². The molecule has 112 valence electrons. The Labute approximate surface area is 123 Å². The van der Waals surface area contributed by atoms with E-state index in [1.165, 1.54) is 16.8 Å². The Morgan fingerprint density at radius 2 is 1.75 bits per heavy atom. The molecule has 1 saturated heterocycles. The quantitative estimate of drug-likeness (QED) is 0.922. The Morgan fingerprint density at radius 1 is 1.15 bits per heavy atom. The van der Waals surface area contributed by atoms with Gasteiger partial charge in [-0.3, -0.25) is 0 Å². The van der Waals surface area contributed by atoms with Crippen LogP contribution in [0.15, 0.2) is 18.2 Å². The Balaban J connectivity index is 2.24. The van der Waals surface area contributed by atoms with Gasteiger partial charge in [-0.05, 0) is 70.8 Å². The van der Waals surface area contributed by atoms with Crippen LogP contribution in [0.3, 0.4) is 0 Å². The third-order valence-electron chi connectivity index (χ3n) is 3.80. The van der Waals surface area contributed by atoms with Crippen molar-refractivity contribution in [3.63, 3.8) is 0 Å². The van der Waals surface area contributed by atoms with Crippen LogP contribution >= 0.6 is 0 Å². The van der Waals surface area contributed by atoms with E-state index in [0.29, 0.717) is 6.54 Å². The fraction of sp³-hybridized carbons (Fsp3) is 0.647. The fourth-order valence-electron chi connectivity index (χ4n) is 3.28. The Morgan fingerprint density at radius 3 is 2.25 bits per heavy atom. The van der Waals surface area contributed by atoms with E-state index in [1.54, 1.807) is 0 Å². The molecule has 1 aliphatic rings. The van der Waals surface area contributed by atoms with Gasteiger partial charge in [-0.25, -0.2) is 0 Å². The molecule has 20 heavy (non-hydrogen) atoms. The number of hydrogen-bond acceptors (Lipinski definition) is 3. The summed E-state index contributed by atoms with van der Waals surface area (Å²) in [6, 6.07) is 6.71. The predicted molar refractivity (Wildman–Crippen MR) is 85.4 cm³/mol. The highest BCUT2D eigenvalue weighted by Gasteiger charge is 2.38. The molecule has 1 fully saturated rings. The third-order valence-corrected chi connectivity index (χ3v) is 3.80. The molecular weight excluding hydrogens is 248 g/mol. The second-order valence-corrected chi connectivity index (χ2v) is 7.13. The maximum absolute atomic E-state index is 6.15. The molecule has 1 aliphatic heterocycles. The van der Waals surface area contributed by atoms with Crippen molar-refractivity contribution in [2.24, 2.45) is 5.73 Å². The maximum atomic E-state index is 6.15. The largest absolute Gasteiger partial charge is 0.366 e. The van der Waals surface area contributed by atoms with Crippen LogP contribution in [0.4, 0.5) is 5.69 Å². The van der Waals surface area contributed by atoms with Crippen LogP contribution in [0.2, 0.25) is 0 Å². The van der Waals surface area contributed by atoms with Gasteiger partial charge in [0, 0.05) is 18.8 Å². The van der Waals surface area contributed by atoms with E-state index in [-0.39, 0.29) is 11.2 Å². The Hall–Kier alpha value is -1.06. The van der Waals surface area contributed by atoms with Crippen LogP contribution in [0.1, 0.15) is 38.8 Å². The highest BCUT2D eigenvalue weighted by atomic mass is 16.5. The number of anilines is 1. The van der Waals surface area contributed by atoms with Gasteiger partial charge in [0.15, 0.2) is 0 Å². The summed E-state index contributed by atoms with van der Waals surface area (Å²) in [5, 5.41) is 0. The number of aryl methyl sites for hydroxylation is 1. The lowest BCUT2D eigenvalue weighted by Crippen LogP contribution is -2.57. The van der Waals surface area contributed by atoms with Gasteiger partial charge in [0.25, 0.3) is 0 Å². The average Bonchev–Trinajstić information content (AvgIpc) is 2.28. The van der Waals surface area contributed by atoms with Crippen molar-refractivity contribution in [1.82, 2.24) is 0 Å². The van der Waals surface area contributed by atoms with Crippen LogP contribution < -0.4 is 10.6 Å². The first-order chi connectivity index (χ1) is 9.22. The van der Waals surface area contributed by atoms with Crippen molar-refractivity contribution in [2.75, 3.05) is 24.5 Å². The summed E-state index contributed by atoms with van der Waals surface area (Å²) in [4.78, 5) is 2.43. The first-order valence-corrected chi connectivity index (χ1v) is 7.47. The van der Waals surface area contributed by atoms with Crippen LogP contribution in [-0.2, 0) is 11.2 Å². The minimum Gasteiger partial charge on any atom is -0.366 e. The summed E-state index contributed by atoms with van der Waals surface area (Å²) in [5.74, 6) is 0. The molecule has 0 aromatic heterocycles. The summed E-state index contributed by atoms with van der Waals surface area (Å²) in [6.45, 7) is 13.4. The highest BCUT2D eigenvalue weighted by molar-refractivity contribution is 5.52. The van der Waals surface area contributed by atoms with Crippen LogP contribution in [0.5, 0.6) is 0 Å². The van der Waals surface area contributed by atoms with Crippen molar-refractivity contribution in [3.05, 3.63) is 29.3 Å². The summed E-state index contributed by atoms with van der Waals surface area (Å²) in [6.07, 6.45) is 0.951. The number of nitrogens with zero attached hydrogens (tertiary/aromatic N) is 1. The lowest BCUT2D eigenvalue weighted by Gasteiger charge is -2.48. The topological polar surface area (TPSA) is 38.5 Å².